The van der Waals surface area contributed by atoms with Crippen molar-refractivity contribution in [3.8, 4) is 22.5 Å². The Hall–Kier alpha value is -3.58. The molecular weight excluding hydrogens is 1020 g/mol. The molecule has 0 saturated carbocycles. The molecule has 69 heavy (non-hydrogen) atoms. The van der Waals surface area contributed by atoms with Crippen molar-refractivity contribution in [1.82, 2.24) is 48.7 Å². The normalized spacial score (nSPS) is 10.3. The zero-order valence-corrected chi connectivity index (χ0v) is 48.8. The molecule has 0 unspecified atom stereocenters. The summed E-state index contributed by atoms with van der Waals surface area (Å²) in [6.45, 7) is 8.86. The van der Waals surface area contributed by atoms with Crippen LogP contribution >= 0.6 is 39.5 Å². The van der Waals surface area contributed by atoms with Gasteiger partial charge in [-0.3, -0.25) is 4.79 Å². The van der Waals surface area contributed by atoms with Crippen molar-refractivity contribution >= 4 is 57.2 Å². The summed E-state index contributed by atoms with van der Waals surface area (Å²) in [4.78, 5) is 33.3. The first kappa shape index (κ1) is 56.3. The predicted octanol–water partition coefficient (Wildman–Crippen LogP) is 4.72. The van der Waals surface area contributed by atoms with Gasteiger partial charge in [0.05, 0.1) is 29.1 Å². The Kier molecular flexibility index (Phi) is 23.7. The van der Waals surface area contributed by atoms with Crippen LogP contribution in [0.15, 0.2) is 168 Å². The number of rotatable bonds is 12. The Morgan fingerprint density at radius 1 is 0.667 bits per heavy atom. The first-order valence-corrected chi connectivity index (χ1v) is 24.3. The second-order valence-corrected chi connectivity index (χ2v) is 17.6. The van der Waals surface area contributed by atoms with E-state index in [1.807, 2.05) is 88.9 Å². The van der Waals surface area contributed by atoms with Gasteiger partial charge in [-0.25, -0.2) is 29.0 Å². The van der Waals surface area contributed by atoms with Crippen LogP contribution in [0.2, 0.25) is 0 Å². The average Bonchev–Trinajstić information content (AvgIpc) is 4.18. The van der Waals surface area contributed by atoms with Crippen LogP contribution in [0.3, 0.4) is 0 Å². The van der Waals surface area contributed by atoms with E-state index in [1.165, 1.54) is 22.3 Å². The summed E-state index contributed by atoms with van der Waals surface area (Å²) in [6.07, 6.45) is 4.01. The molecule has 4 aromatic carbocycles. The predicted molar refractivity (Wildman–Crippen MR) is 269 cm³/mol. The van der Waals surface area contributed by atoms with Crippen LogP contribution < -0.4 is 108 Å². The SMILES string of the molecule is BrCc1ccccc1.Cc1cc(C)n2nc(SCc3nc(-c4ccccc4)cn3Cc3ccccc3)nc2c1.Cc1cc(C)n2nc(SCc3ncc(-c4ccccc4)[nH]3)nc2c1.O=CO[O-].[H-].[K+].[K+]. The molecule has 0 spiro atoms. The fourth-order valence-corrected chi connectivity index (χ4v) is 8.84. The van der Waals surface area contributed by atoms with Gasteiger partial charge in [-0.15, -0.1) is 10.2 Å². The maximum absolute atomic E-state index is 8.64. The summed E-state index contributed by atoms with van der Waals surface area (Å²) < 4.78 is 6.02. The van der Waals surface area contributed by atoms with Gasteiger partial charge in [-0.1, -0.05) is 161 Å². The summed E-state index contributed by atoms with van der Waals surface area (Å²) in [5, 5.41) is 20.2. The number of benzene rings is 4. The molecule has 0 saturated heterocycles. The molecule has 0 atom stereocenters. The van der Waals surface area contributed by atoms with Gasteiger partial charge in [0.1, 0.15) is 11.6 Å². The number of aromatic nitrogens is 10. The molecule has 1 N–H and O–H groups in total. The van der Waals surface area contributed by atoms with Crippen molar-refractivity contribution < 1.29 is 119 Å². The Labute approximate surface area is 505 Å². The Morgan fingerprint density at radius 3 is 1.64 bits per heavy atom. The monoisotopic (exact) mass is 1070 g/mol. The zero-order chi connectivity index (χ0) is 47.0. The quantitative estimate of drug-likeness (QED) is 0.0452. The number of halogens is 1. The fraction of sp³-hybridized carbons (Fsp3) is 0.157. The standard InChI is InChI=1S/C25H23N5S.C18H17N5S.C7H7Br.CH2O3.2K.H/c1-18-13-19(2)30-23(14-18)27-25(28-30)31-17-24-26-22(21-11-7-4-8-12-21)16-29(24)15-20-9-5-3-6-10-20;1-12-8-13(2)23-17(9-12)21-18(22-23)24-11-16-19-10-15(20-16)14-6-4-3-5-7-14;8-6-7-4-2-1-3-5-7;2-1-4-3;;;/h3-14,16H,15,17H2,1-2H3;3-10H,11H2,1-2H3,(H,19,20);1-5H,6H2;1,3H;;;/q;;;;2*+1;-1/p-1. The molecule has 6 aromatic heterocycles. The van der Waals surface area contributed by atoms with Crippen molar-refractivity contribution in [3.63, 3.8) is 0 Å². The number of thioether (sulfide) groups is 2. The van der Waals surface area contributed by atoms with Crippen molar-refractivity contribution in [2.45, 2.75) is 61.4 Å². The minimum absolute atomic E-state index is 0. The van der Waals surface area contributed by atoms with Gasteiger partial charge >= 0.3 is 103 Å². The van der Waals surface area contributed by atoms with Crippen molar-refractivity contribution in [1.29, 1.82) is 0 Å². The molecule has 6 heterocycles. The van der Waals surface area contributed by atoms with Crippen molar-refractivity contribution in [3.05, 3.63) is 203 Å². The number of aryl methyl sites for hydroxylation is 4. The topological polar surface area (TPSA) is 156 Å². The average molecular weight is 1070 g/mol. The summed E-state index contributed by atoms with van der Waals surface area (Å²) in [7, 11) is 0. The van der Waals surface area contributed by atoms with Crippen LogP contribution in [0.1, 0.15) is 46.7 Å². The van der Waals surface area contributed by atoms with E-state index in [9.17, 15) is 0 Å². The van der Waals surface area contributed by atoms with E-state index in [0.29, 0.717) is 11.5 Å². The van der Waals surface area contributed by atoms with Gasteiger partial charge in [0, 0.05) is 35.0 Å². The summed E-state index contributed by atoms with van der Waals surface area (Å²) in [5.74, 6) is 3.35. The van der Waals surface area contributed by atoms with Crippen LogP contribution in [0.25, 0.3) is 33.8 Å². The molecule has 18 heteroatoms. The number of imidazole rings is 2. The number of aromatic amines is 1. The number of hydrogen-bond acceptors (Lipinski definition) is 11. The largest absolute Gasteiger partial charge is 1.00 e. The van der Waals surface area contributed by atoms with Crippen molar-refractivity contribution in [2.75, 3.05) is 0 Å². The molecule has 0 bridgehead atoms. The van der Waals surface area contributed by atoms with Crippen LogP contribution in [0.4, 0.5) is 0 Å². The third kappa shape index (κ3) is 16.7. The minimum atomic E-state index is -0.181. The van der Waals surface area contributed by atoms with E-state index in [2.05, 4.69) is 156 Å². The maximum atomic E-state index is 8.64. The van der Waals surface area contributed by atoms with Crippen LogP contribution in [0, 0.1) is 27.7 Å². The second kappa shape index (κ2) is 29.1. The minimum Gasteiger partial charge on any atom is -1.00 e. The molecule has 0 aliphatic rings. The van der Waals surface area contributed by atoms with E-state index in [0.717, 1.165) is 79.0 Å². The number of alkyl halides is 1. The van der Waals surface area contributed by atoms with Crippen LogP contribution in [-0.4, -0.2) is 55.2 Å². The third-order valence-corrected chi connectivity index (χ3v) is 12.4. The zero-order valence-electron chi connectivity index (χ0n) is 40.4. The second-order valence-electron chi connectivity index (χ2n) is 15.2. The molecular formula is C51H49BrK2N10O3S2. The van der Waals surface area contributed by atoms with E-state index >= 15 is 0 Å². The van der Waals surface area contributed by atoms with Gasteiger partial charge in [0.2, 0.25) is 10.3 Å². The maximum Gasteiger partial charge on any atom is 1.00 e. The Balaban J connectivity index is 0.000000242. The van der Waals surface area contributed by atoms with Crippen LogP contribution in [-0.2, 0) is 33.1 Å². The van der Waals surface area contributed by atoms with E-state index < -0.39 is 0 Å². The molecule has 13 nitrogen and oxygen atoms in total. The van der Waals surface area contributed by atoms with Gasteiger partial charge in [0.25, 0.3) is 6.47 Å². The number of H-pyrrole nitrogens is 1. The number of nitrogens with one attached hydrogen (secondary N) is 1. The van der Waals surface area contributed by atoms with E-state index in [-0.39, 0.29) is 111 Å². The first-order valence-electron chi connectivity index (χ1n) is 21.2. The third-order valence-electron chi connectivity index (χ3n) is 10.0. The smallest absolute Gasteiger partial charge is 1.00 e. The summed E-state index contributed by atoms with van der Waals surface area (Å²) in [5.41, 5.74) is 13.2. The number of carbonyl (C=O) groups is 1. The fourth-order valence-electron chi connectivity index (χ4n) is 6.97. The molecule has 342 valence electrons. The Bertz CT molecular complexity index is 3130. The van der Waals surface area contributed by atoms with E-state index in [4.69, 9.17) is 20.0 Å². The Morgan fingerprint density at radius 2 is 1.14 bits per heavy atom. The van der Waals surface area contributed by atoms with E-state index in [1.54, 1.807) is 23.5 Å². The summed E-state index contributed by atoms with van der Waals surface area (Å²) in [6, 6.07) is 49.6. The van der Waals surface area contributed by atoms with Crippen LogP contribution in [0.5, 0.6) is 0 Å². The molecule has 10 rings (SSSR count). The number of carbonyl (C=O) groups excluding carboxylic acids is 1. The molecule has 0 aliphatic carbocycles. The number of fused-ring (bicyclic) bond motifs is 2. The molecule has 0 fully saturated rings. The van der Waals surface area contributed by atoms with Gasteiger partial charge < -0.3 is 21.1 Å². The van der Waals surface area contributed by atoms with Gasteiger partial charge in [0.15, 0.2) is 11.3 Å². The van der Waals surface area contributed by atoms with Gasteiger partial charge in [-0.2, -0.15) is 0 Å². The number of hydrogen-bond donors (Lipinski definition) is 1. The number of pyridine rings is 2. The molecule has 0 radical (unpaired) electrons. The molecule has 10 aromatic rings. The summed E-state index contributed by atoms with van der Waals surface area (Å²) >= 11 is 6.56. The molecule has 0 aliphatic heterocycles. The molecule has 0 amide bonds. The first-order chi connectivity index (χ1) is 32.7. The van der Waals surface area contributed by atoms with Gasteiger partial charge in [-0.05, 0) is 79.8 Å². The van der Waals surface area contributed by atoms with Crippen molar-refractivity contribution in [2.24, 2.45) is 0 Å². The number of nitrogens with zero attached hydrogens (tertiary/aromatic N) is 9.